The van der Waals surface area contributed by atoms with Gasteiger partial charge in [0, 0.05) is 23.4 Å². The monoisotopic (exact) mass is 411 g/mol. The Morgan fingerprint density at radius 1 is 1.21 bits per heavy atom. The van der Waals surface area contributed by atoms with Crippen molar-refractivity contribution in [1.29, 1.82) is 0 Å². The average molecular weight is 412 g/mol. The van der Waals surface area contributed by atoms with Crippen molar-refractivity contribution < 1.29 is 4.79 Å². The van der Waals surface area contributed by atoms with Gasteiger partial charge < -0.3 is 10.2 Å². The third-order valence-electron chi connectivity index (χ3n) is 4.95. The molecule has 1 amide bonds. The molecule has 2 aromatic heterocycles. The summed E-state index contributed by atoms with van der Waals surface area (Å²) in [5.41, 5.74) is 4.07. The SMILES string of the molecule is Cc1nc(C(C)(C)C)sc1C(=O)Nc1ccccc1N1CCc2sccc2C1. The van der Waals surface area contributed by atoms with E-state index < -0.39 is 0 Å². The van der Waals surface area contributed by atoms with Crippen molar-refractivity contribution >= 4 is 40.0 Å². The molecule has 3 heterocycles. The van der Waals surface area contributed by atoms with E-state index in [1.807, 2.05) is 36.5 Å². The number of anilines is 2. The number of carbonyl (C=O) groups is 1. The Morgan fingerprint density at radius 3 is 2.75 bits per heavy atom. The van der Waals surface area contributed by atoms with E-state index in [0.717, 1.165) is 41.6 Å². The minimum absolute atomic E-state index is 0.0576. The number of hydrogen-bond acceptors (Lipinski definition) is 5. The second-order valence-electron chi connectivity index (χ2n) is 8.20. The van der Waals surface area contributed by atoms with Gasteiger partial charge in [-0.1, -0.05) is 32.9 Å². The van der Waals surface area contributed by atoms with Gasteiger partial charge in [0.1, 0.15) is 4.88 Å². The van der Waals surface area contributed by atoms with E-state index in [-0.39, 0.29) is 11.3 Å². The number of rotatable bonds is 3. The van der Waals surface area contributed by atoms with Gasteiger partial charge in [0.05, 0.1) is 22.1 Å². The molecular weight excluding hydrogens is 386 g/mol. The van der Waals surface area contributed by atoms with Crippen LogP contribution in [0.1, 0.15) is 51.6 Å². The summed E-state index contributed by atoms with van der Waals surface area (Å²) in [4.78, 5) is 22.2. The van der Waals surface area contributed by atoms with Crippen molar-refractivity contribution in [3.8, 4) is 0 Å². The first-order valence-electron chi connectivity index (χ1n) is 9.51. The lowest BCUT2D eigenvalue weighted by molar-refractivity contribution is 0.103. The first kappa shape index (κ1) is 19.2. The summed E-state index contributed by atoms with van der Waals surface area (Å²) >= 11 is 3.33. The van der Waals surface area contributed by atoms with Crippen LogP contribution in [0.3, 0.4) is 0 Å². The van der Waals surface area contributed by atoms with Crippen LogP contribution in [0.15, 0.2) is 35.7 Å². The standard InChI is InChI=1S/C22H25N3OS2/c1-14-19(28-21(23-14)22(2,3)4)20(26)24-16-7-5-6-8-17(16)25-11-9-18-15(13-25)10-12-27-18/h5-8,10,12H,9,11,13H2,1-4H3,(H,24,26). The van der Waals surface area contributed by atoms with Crippen LogP contribution in [0.2, 0.25) is 0 Å². The molecule has 0 saturated carbocycles. The number of nitrogens with one attached hydrogen (secondary N) is 1. The molecule has 0 bridgehead atoms. The minimum Gasteiger partial charge on any atom is -0.365 e. The van der Waals surface area contributed by atoms with E-state index in [9.17, 15) is 4.79 Å². The maximum absolute atomic E-state index is 13.0. The van der Waals surface area contributed by atoms with Gasteiger partial charge in [-0.25, -0.2) is 4.98 Å². The van der Waals surface area contributed by atoms with Crippen molar-refractivity contribution in [1.82, 2.24) is 4.98 Å². The van der Waals surface area contributed by atoms with E-state index in [1.54, 1.807) is 0 Å². The number of benzene rings is 1. The molecule has 4 rings (SSSR count). The maximum atomic E-state index is 13.0. The summed E-state index contributed by atoms with van der Waals surface area (Å²) in [5, 5.41) is 6.30. The zero-order chi connectivity index (χ0) is 19.9. The van der Waals surface area contributed by atoms with Crippen molar-refractivity contribution in [3.05, 3.63) is 61.7 Å². The Hall–Kier alpha value is -2.18. The summed E-state index contributed by atoms with van der Waals surface area (Å²) in [7, 11) is 0. The van der Waals surface area contributed by atoms with Gasteiger partial charge in [-0.2, -0.15) is 0 Å². The van der Waals surface area contributed by atoms with E-state index in [4.69, 9.17) is 0 Å². The number of thiazole rings is 1. The van der Waals surface area contributed by atoms with E-state index >= 15 is 0 Å². The number of para-hydroxylation sites is 2. The highest BCUT2D eigenvalue weighted by Crippen LogP contribution is 2.34. The van der Waals surface area contributed by atoms with E-state index in [0.29, 0.717) is 4.88 Å². The molecule has 0 fully saturated rings. The molecule has 1 aliphatic rings. The molecule has 4 nitrogen and oxygen atoms in total. The maximum Gasteiger partial charge on any atom is 0.267 e. The third kappa shape index (κ3) is 3.71. The number of aromatic nitrogens is 1. The molecule has 0 saturated heterocycles. The predicted molar refractivity (Wildman–Crippen MR) is 119 cm³/mol. The van der Waals surface area contributed by atoms with Gasteiger partial charge in [-0.15, -0.1) is 22.7 Å². The Kier molecular flexibility index (Phi) is 5.02. The van der Waals surface area contributed by atoms with Gasteiger partial charge in [-0.05, 0) is 42.5 Å². The third-order valence-corrected chi connectivity index (χ3v) is 7.55. The van der Waals surface area contributed by atoms with Crippen LogP contribution in [0, 0.1) is 6.92 Å². The molecule has 1 aromatic carbocycles. The van der Waals surface area contributed by atoms with E-state index in [1.165, 1.54) is 21.8 Å². The highest BCUT2D eigenvalue weighted by atomic mass is 32.1. The molecule has 0 atom stereocenters. The van der Waals surface area contributed by atoms with Crippen LogP contribution >= 0.6 is 22.7 Å². The number of nitrogens with zero attached hydrogens (tertiary/aromatic N) is 2. The van der Waals surface area contributed by atoms with Crippen LogP contribution < -0.4 is 10.2 Å². The largest absolute Gasteiger partial charge is 0.365 e. The lowest BCUT2D eigenvalue weighted by atomic mass is 9.98. The fourth-order valence-electron chi connectivity index (χ4n) is 3.42. The summed E-state index contributed by atoms with van der Waals surface area (Å²) in [6.45, 7) is 10.1. The van der Waals surface area contributed by atoms with Crippen LogP contribution in [-0.2, 0) is 18.4 Å². The summed E-state index contributed by atoms with van der Waals surface area (Å²) in [6, 6.07) is 10.3. The molecule has 0 aliphatic carbocycles. The van der Waals surface area contributed by atoms with Gasteiger partial charge in [-0.3, -0.25) is 4.79 Å². The Balaban J connectivity index is 1.58. The van der Waals surface area contributed by atoms with Gasteiger partial charge in [0.25, 0.3) is 5.91 Å². The average Bonchev–Trinajstić information content (AvgIpc) is 3.27. The molecule has 3 aromatic rings. The number of hydrogen-bond donors (Lipinski definition) is 1. The van der Waals surface area contributed by atoms with Crippen molar-refractivity contribution in [2.75, 3.05) is 16.8 Å². The van der Waals surface area contributed by atoms with Crippen molar-refractivity contribution in [2.24, 2.45) is 0 Å². The van der Waals surface area contributed by atoms with Crippen LogP contribution in [0.5, 0.6) is 0 Å². The quantitative estimate of drug-likeness (QED) is 0.608. The Morgan fingerprint density at radius 2 is 2.00 bits per heavy atom. The molecule has 1 aliphatic heterocycles. The number of fused-ring (bicyclic) bond motifs is 1. The molecule has 146 valence electrons. The molecule has 1 N–H and O–H groups in total. The van der Waals surface area contributed by atoms with Crippen LogP contribution in [-0.4, -0.2) is 17.4 Å². The normalized spacial score (nSPS) is 14.1. The Labute approximate surface area is 174 Å². The highest BCUT2D eigenvalue weighted by Gasteiger charge is 2.24. The number of carbonyl (C=O) groups excluding carboxylic acids is 1. The molecule has 28 heavy (non-hydrogen) atoms. The molecule has 0 radical (unpaired) electrons. The second-order valence-corrected chi connectivity index (χ2v) is 10.2. The number of amides is 1. The molecule has 0 unspecified atom stereocenters. The smallest absolute Gasteiger partial charge is 0.267 e. The number of aryl methyl sites for hydroxylation is 1. The highest BCUT2D eigenvalue weighted by molar-refractivity contribution is 7.14. The summed E-state index contributed by atoms with van der Waals surface area (Å²) in [6.07, 6.45) is 1.05. The number of thiophene rings is 1. The van der Waals surface area contributed by atoms with Crippen molar-refractivity contribution in [3.63, 3.8) is 0 Å². The van der Waals surface area contributed by atoms with Gasteiger partial charge >= 0.3 is 0 Å². The Bertz CT molecular complexity index is 1010. The van der Waals surface area contributed by atoms with Crippen LogP contribution in [0.4, 0.5) is 11.4 Å². The van der Waals surface area contributed by atoms with Gasteiger partial charge in [0.2, 0.25) is 0 Å². The molecule has 6 heteroatoms. The minimum atomic E-state index is -0.0776. The second kappa shape index (κ2) is 7.33. The van der Waals surface area contributed by atoms with Crippen LogP contribution in [0.25, 0.3) is 0 Å². The molecular formula is C22H25N3OS2. The van der Waals surface area contributed by atoms with Gasteiger partial charge in [0.15, 0.2) is 0 Å². The molecule has 0 spiro atoms. The lowest BCUT2D eigenvalue weighted by Crippen LogP contribution is -2.30. The van der Waals surface area contributed by atoms with E-state index in [2.05, 4.69) is 53.5 Å². The zero-order valence-electron chi connectivity index (χ0n) is 16.7. The fourth-order valence-corrected chi connectivity index (χ4v) is 5.33. The first-order chi connectivity index (χ1) is 13.3. The topological polar surface area (TPSA) is 45.2 Å². The summed E-state index contributed by atoms with van der Waals surface area (Å²) < 4.78 is 0. The zero-order valence-corrected chi connectivity index (χ0v) is 18.3. The lowest BCUT2D eigenvalue weighted by Gasteiger charge is -2.30. The predicted octanol–water partition coefficient (Wildman–Crippen LogP) is 5.63. The first-order valence-corrected chi connectivity index (χ1v) is 11.2. The summed E-state index contributed by atoms with van der Waals surface area (Å²) in [5.74, 6) is -0.0776. The van der Waals surface area contributed by atoms with Crippen molar-refractivity contribution in [2.45, 2.75) is 46.1 Å². The fraction of sp³-hybridized carbons (Fsp3) is 0.364.